The molecule has 0 aliphatic heterocycles. The van der Waals surface area contributed by atoms with E-state index in [1.807, 2.05) is 32.0 Å². The monoisotopic (exact) mass is 548 g/mol. The van der Waals surface area contributed by atoms with Gasteiger partial charge in [0.25, 0.3) is 11.5 Å². The molecule has 0 spiro atoms. The highest BCUT2D eigenvalue weighted by Gasteiger charge is 2.18. The van der Waals surface area contributed by atoms with E-state index >= 15 is 0 Å². The van der Waals surface area contributed by atoms with E-state index in [0.29, 0.717) is 22.1 Å². The Morgan fingerprint density at radius 3 is 2.69 bits per heavy atom. The van der Waals surface area contributed by atoms with E-state index in [1.54, 1.807) is 48.7 Å². The van der Waals surface area contributed by atoms with Gasteiger partial charge in [0.2, 0.25) is 5.88 Å². The number of amides is 1. The fourth-order valence-corrected chi connectivity index (χ4v) is 3.86. The minimum atomic E-state index is -0.673. The maximum absolute atomic E-state index is 13.4. The zero-order chi connectivity index (χ0) is 25.1. The summed E-state index contributed by atoms with van der Waals surface area (Å²) in [7, 11) is 0. The van der Waals surface area contributed by atoms with Crippen molar-refractivity contribution >= 4 is 50.8 Å². The van der Waals surface area contributed by atoms with Crippen molar-refractivity contribution in [3.05, 3.63) is 103 Å². The minimum Gasteiger partial charge on any atom is -0.438 e. The molecule has 0 bridgehead atoms. The van der Waals surface area contributed by atoms with Crippen LogP contribution in [0.1, 0.15) is 16.7 Å². The number of nitrogens with one attached hydrogen (secondary N) is 1. The number of nitrogens with zero attached hydrogens (tertiary/aromatic N) is 3. The van der Waals surface area contributed by atoms with Gasteiger partial charge >= 0.3 is 0 Å². The molecule has 1 amide bonds. The lowest BCUT2D eigenvalue weighted by Crippen LogP contribution is -2.20. The molecule has 0 aliphatic rings. The van der Waals surface area contributed by atoms with Crippen LogP contribution in [0.15, 0.2) is 75.6 Å². The molecular formula is C26H18BrClN4O3. The smallest absolute Gasteiger partial charge is 0.269 e. The van der Waals surface area contributed by atoms with Crippen molar-refractivity contribution in [2.45, 2.75) is 13.8 Å². The zero-order valence-electron chi connectivity index (χ0n) is 18.7. The SMILES string of the molecule is Cc1cc(Oc2nc3c(C)cccn3c(=O)c2/C=C(/C#N)C(=O)Nc2cccc(Br)c2)ccc1Cl. The van der Waals surface area contributed by atoms with Gasteiger partial charge in [0, 0.05) is 21.4 Å². The number of aromatic nitrogens is 2. The lowest BCUT2D eigenvalue weighted by Gasteiger charge is -2.12. The van der Waals surface area contributed by atoms with Crippen LogP contribution in [0.3, 0.4) is 0 Å². The Morgan fingerprint density at radius 1 is 1.17 bits per heavy atom. The van der Waals surface area contributed by atoms with Gasteiger partial charge in [-0.15, -0.1) is 0 Å². The number of nitriles is 1. The van der Waals surface area contributed by atoms with Crippen molar-refractivity contribution in [3.8, 4) is 17.7 Å². The number of carbonyl (C=O) groups is 1. The summed E-state index contributed by atoms with van der Waals surface area (Å²) in [6, 6.07) is 17.4. The Balaban J connectivity index is 1.84. The maximum atomic E-state index is 13.4. The number of ether oxygens (including phenoxy) is 1. The van der Waals surface area contributed by atoms with Crippen LogP contribution in [0.2, 0.25) is 5.02 Å². The second-order valence-corrected chi connectivity index (χ2v) is 8.99. The molecule has 4 rings (SSSR count). The highest BCUT2D eigenvalue weighted by atomic mass is 79.9. The number of hydrogen-bond donors (Lipinski definition) is 1. The van der Waals surface area contributed by atoms with Gasteiger partial charge in [-0.2, -0.15) is 10.2 Å². The van der Waals surface area contributed by atoms with Crippen molar-refractivity contribution in [3.63, 3.8) is 0 Å². The normalized spacial score (nSPS) is 11.2. The summed E-state index contributed by atoms with van der Waals surface area (Å²) in [5.41, 5.74) is 1.61. The number of anilines is 1. The van der Waals surface area contributed by atoms with Crippen molar-refractivity contribution in [2.75, 3.05) is 5.32 Å². The zero-order valence-corrected chi connectivity index (χ0v) is 21.0. The predicted molar refractivity (Wildman–Crippen MR) is 139 cm³/mol. The summed E-state index contributed by atoms with van der Waals surface area (Å²) in [6.45, 7) is 3.64. The summed E-state index contributed by atoms with van der Waals surface area (Å²) in [4.78, 5) is 30.8. The highest BCUT2D eigenvalue weighted by Crippen LogP contribution is 2.28. The molecule has 2 aromatic carbocycles. The third-order valence-electron chi connectivity index (χ3n) is 5.13. The molecule has 0 atom stereocenters. The molecule has 0 unspecified atom stereocenters. The van der Waals surface area contributed by atoms with Crippen LogP contribution in [0.25, 0.3) is 11.7 Å². The molecule has 174 valence electrons. The molecule has 0 radical (unpaired) electrons. The third kappa shape index (κ3) is 5.27. The van der Waals surface area contributed by atoms with E-state index in [4.69, 9.17) is 16.3 Å². The first kappa shape index (κ1) is 24.2. The van der Waals surface area contributed by atoms with Crippen LogP contribution < -0.4 is 15.6 Å². The Kier molecular flexibility index (Phi) is 7.01. The first-order valence-corrected chi connectivity index (χ1v) is 11.6. The summed E-state index contributed by atoms with van der Waals surface area (Å²) < 4.78 is 8.09. The average molecular weight is 550 g/mol. The Bertz CT molecular complexity index is 1610. The van der Waals surface area contributed by atoms with Crippen LogP contribution >= 0.6 is 27.5 Å². The molecule has 2 aromatic heterocycles. The van der Waals surface area contributed by atoms with Crippen molar-refractivity contribution in [2.24, 2.45) is 0 Å². The quantitative estimate of drug-likeness (QED) is 0.241. The highest BCUT2D eigenvalue weighted by molar-refractivity contribution is 9.10. The van der Waals surface area contributed by atoms with E-state index < -0.39 is 11.5 Å². The van der Waals surface area contributed by atoms with Crippen LogP contribution in [-0.2, 0) is 4.79 Å². The third-order valence-corrected chi connectivity index (χ3v) is 6.05. The number of carbonyl (C=O) groups excluding carboxylic acids is 1. The molecule has 2 heterocycles. The van der Waals surface area contributed by atoms with Crippen LogP contribution in [0.4, 0.5) is 5.69 Å². The van der Waals surface area contributed by atoms with Crippen LogP contribution in [0, 0.1) is 25.2 Å². The fourth-order valence-electron chi connectivity index (χ4n) is 3.34. The molecular weight excluding hydrogens is 532 g/mol. The van der Waals surface area contributed by atoms with Crippen LogP contribution in [-0.4, -0.2) is 15.3 Å². The van der Waals surface area contributed by atoms with Gasteiger partial charge in [0.1, 0.15) is 28.6 Å². The van der Waals surface area contributed by atoms with Gasteiger partial charge in [-0.25, -0.2) is 0 Å². The maximum Gasteiger partial charge on any atom is 0.269 e. The number of pyridine rings is 1. The van der Waals surface area contributed by atoms with Crippen molar-refractivity contribution in [1.82, 2.24) is 9.38 Å². The number of aryl methyl sites for hydroxylation is 2. The van der Waals surface area contributed by atoms with E-state index in [-0.39, 0.29) is 17.0 Å². The Morgan fingerprint density at radius 2 is 1.97 bits per heavy atom. The summed E-state index contributed by atoms with van der Waals surface area (Å²) in [5.74, 6) is -0.301. The summed E-state index contributed by atoms with van der Waals surface area (Å²) in [5, 5.41) is 12.9. The second kappa shape index (κ2) is 10.1. The molecule has 4 aromatic rings. The lowest BCUT2D eigenvalue weighted by molar-refractivity contribution is -0.112. The first-order valence-electron chi connectivity index (χ1n) is 10.4. The van der Waals surface area contributed by atoms with E-state index in [9.17, 15) is 14.9 Å². The van der Waals surface area contributed by atoms with Gasteiger partial charge in [0.05, 0.1) is 0 Å². The topological polar surface area (TPSA) is 96.5 Å². The molecule has 7 nitrogen and oxygen atoms in total. The van der Waals surface area contributed by atoms with Gasteiger partial charge in [-0.05, 0) is 73.5 Å². The van der Waals surface area contributed by atoms with E-state index in [0.717, 1.165) is 15.6 Å². The second-order valence-electron chi connectivity index (χ2n) is 7.67. The number of fused-ring (bicyclic) bond motifs is 1. The first-order chi connectivity index (χ1) is 16.8. The van der Waals surface area contributed by atoms with E-state index in [1.165, 1.54) is 10.5 Å². The molecule has 0 fully saturated rings. The Labute approximate surface area is 214 Å². The Hall–Kier alpha value is -3.93. The molecule has 0 saturated heterocycles. The minimum absolute atomic E-state index is 0.0333. The number of benzene rings is 2. The number of hydrogen-bond acceptors (Lipinski definition) is 5. The molecule has 9 heteroatoms. The largest absolute Gasteiger partial charge is 0.438 e. The average Bonchev–Trinajstić information content (AvgIpc) is 2.82. The fraction of sp³-hybridized carbons (Fsp3) is 0.0769. The standard InChI is InChI=1S/C26H18BrClN4O3/c1-15-5-4-10-32-23(15)31-25(35-20-8-9-22(28)16(2)11-20)21(26(32)34)12-17(14-29)24(33)30-19-7-3-6-18(27)13-19/h3-13H,1-2H3,(H,30,33)/b17-12-. The van der Waals surface area contributed by atoms with Gasteiger partial charge in [0.15, 0.2) is 0 Å². The molecule has 1 N–H and O–H groups in total. The molecule has 0 aliphatic carbocycles. The summed E-state index contributed by atoms with van der Waals surface area (Å²) in [6.07, 6.45) is 2.76. The molecule has 0 saturated carbocycles. The van der Waals surface area contributed by atoms with Gasteiger partial charge < -0.3 is 10.1 Å². The van der Waals surface area contributed by atoms with Crippen molar-refractivity contribution in [1.29, 1.82) is 5.26 Å². The summed E-state index contributed by atoms with van der Waals surface area (Å²) >= 11 is 9.46. The number of rotatable bonds is 5. The van der Waals surface area contributed by atoms with Gasteiger partial charge in [-0.3, -0.25) is 14.0 Å². The predicted octanol–water partition coefficient (Wildman–Crippen LogP) is 6.07. The van der Waals surface area contributed by atoms with Gasteiger partial charge in [-0.1, -0.05) is 39.7 Å². The number of halogens is 2. The molecule has 35 heavy (non-hydrogen) atoms. The van der Waals surface area contributed by atoms with Crippen LogP contribution in [0.5, 0.6) is 11.6 Å². The van der Waals surface area contributed by atoms with E-state index in [2.05, 4.69) is 26.2 Å². The lowest BCUT2D eigenvalue weighted by atomic mass is 10.1. The van der Waals surface area contributed by atoms with Crippen molar-refractivity contribution < 1.29 is 9.53 Å².